The molecule has 0 amide bonds. The zero-order chi connectivity index (χ0) is 23.6. The Morgan fingerprint density at radius 3 is 2.45 bits per heavy atom. The first-order valence-corrected chi connectivity index (χ1v) is 12.6. The topological polar surface area (TPSA) is 68.3 Å². The second kappa shape index (κ2) is 9.69. The fourth-order valence-corrected chi connectivity index (χ4v) is 5.30. The SMILES string of the molecule is CCc1c(C(C)NS(=O)(=O)c2ccc(Cl)c(Cl)c2)ccnc1Oc1ccc2ccccc2c1. The summed E-state index contributed by atoms with van der Waals surface area (Å²) in [7, 11) is -3.82. The van der Waals surface area contributed by atoms with Gasteiger partial charge < -0.3 is 4.74 Å². The first-order valence-electron chi connectivity index (χ1n) is 10.4. The third-order valence-electron chi connectivity index (χ3n) is 5.34. The lowest BCUT2D eigenvalue weighted by atomic mass is 10.0. The van der Waals surface area contributed by atoms with Crippen LogP contribution in [0.25, 0.3) is 10.8 Å². The molecule has 1 heterocycles. The summed E-state index contributed by atoms with van der Waals surface area (Å²) in [6, 6.07) is 19.4. The molecule has 0 radical (unpaired) electrons. The number of hydrogen-bond acceptors (Lipinski definition) is 4. The van der Waals surface area contributed by atoms with Gasteiger partial charge in [0.05, 0.1) is 14.9 Å². The fourth-order valence-electron chi connectivity index (χ4n) is 3.69. The molecule has 1 N–H and O–H groups in total. The highest BCUT2D eigenvalue weighted by Crippen LogP contribution is 2.32. The molecule has 0 bridgehead atoms. The molecule has 170 valence electrons. The van der Waals surface area contributed by atoms with Gasteiger partial charge in [0.2, 0.25) is 15.9 Å². The molecule has 4 rings (SSSR count). The minimum Gasteiger partial charge on any atom is -0.439 e. The smallest absolute Gasteiger partial charge is 0.241 e. The average Bonchev–Trinajstić information content (AvgIpc) is 2.80. The Balaban J connectivity index is 1.62. The molecule has 0 aliphatic rings. The molecule has 0 saturated heterocycles. The lowest BCUT2D eigenvalue weighted by molar-refractivity contribution is 0.454. The van der Waals surface area contributed by atoms with Crippen LogP contribution >= 0.6 is 23.2 Å². The Hall–Kier alpha value is -2.64. The van der Waals surface area contributed by atoms with Gasteiger partial charge in [0, 0.05) is 17.8 Å². The first-order chi connectivity index (χ1) is 15.8. The number of benzene rings is 3. The standard InChI is InChI=1S/C25H22Cl2N2O3S/c1-3-21-22(16(2)29-33(30,31)20-10-11-23(26)24(27)15-20)12-13-28-25(21)32-19-9-8-17-6-4-5-7-18(17)14-19/h4-16,29H,3H2,1-2H3. The van der Waals surface area contributed by atoms with E-state index in [1.165, 1.54) is 18.2 Å². The zero-order valence-electron chi connectivity index (χ0n) is 18.0. The van der Waals surface area contributed by atoms with Crippen LogP contribution in [0.3, 0.4) is 0 Å². The van der Waals surface area contributed by atoms with Crippen LogP contribution in [0.1, 0.15) is 31.0 Å². The molecule has 5 nitrogen and oxygen atoms in total. The molecule has 0 saturated carbocycles. The third kappa shape index (κ3) is 5.14. The van der Waals surface area contributed by atoms with Crippen LogP contribution in [0, 0.1) is 0 Å². The Morgan fingerprint density at radius 1 is 0.970 bits per heavy atom. The lowest BCUT2D eigenvalue weighted by Gasteiger charge is -2.20. The molecule has 33 heavy (non-hydrogen) atoms. The molecule has 0 fully saturated rings. The molecular formula is C25H22Cl2N2O3S. The number of nitrogens with zero attached hydrogens (tertiary/aromatic N) is 1. The number of fused-ring (bicyclic) bond motifs is 1. The Kier molecular flexibility index (Phi) is 6.91. The normalized spacial score (nSPS) is 12.6. The van der Waals surface area contributed by atoms with Gasteiger partial charge in [-0.25, -0.2) is 18.1 Å². The highest BCUT2D eigenvalue weighted by atomic mass is 35.5. The van der Waals surface area contributed by atoms with Crippen molar-refractivity contribution in [1.29, 1.82) is 0 Å². The molecular weight excluding hydrogens is 479 g/mol. The van der Waals surface area contributed by atoms with Crippen LogP contribution in [0.5, 0.6) is 11.6 Å². The van der Waals surface area contributed by atoms with E-state index in [9.17, 15) is 8.42 Å². The average molecular weight is 501 g/mol. The monoisotopic (exact) mass is 500 g/mol. The van der Waals surface area contributed by atoms with Crippen LogP contribution in [0.4, 0.5) is 0 Å². The van der Waals surface area contributed by atoms with Crippen LogP contribution < -0.4 is 9.46 Å². The lowest BCUT2D eigenvalue weighted by Crippen LogP contribution is -2.27. The summed E-state index contributed by atoms with van der Waals surface area (Å²) in [5.41, 5.74) is 1.61. The van der Waals surface area contributed by atoms with Gasteiger partial charge in [-0.15, -0.1) is 0 Å². The van der Waals surface area contributed by atoms with E-state index in [1.807, 2.05) is 49.4 Å². The molecule has 4 aromatic rings. The second-order valence-electron chi connectivity index (χ2n) is 7.57. The summed E-state index contributed by atoms with van der Waals surface area (Å²) in [4.78, 5) is 4.46. The van der Waals surface area contributed by atoms with Crippen molar-refractivity contribution in [2.24, 2.45) is 0 Å². The summed E-state index contributed by atoms with van der Waals surface area (Å²) >= 11 is 11.9. The number of pyridine rings is 1. The first kappa shape index (κ1) is 23.5. The van der Waals surface area contributed by atoms with E-state index in [0.29, 0.717) is 23.1 Å². The third-order valence-corrected chi connectivity index (χ3v) is 7.62. The highest BCUT2D eigenvalue weighted by molar-refractivity contribution is 7.89. The van der Waals surface area contributed by atoms with Gasteiger partial charge in [-0.2, -0.15) is 0 Å². The predicted octanol–water partition coefficient (Wildman–Crippen LogP) is 6.94. The predicted molar refractivity (Wildman–Crippen MR) is 133 cm³/mol. The van der Waals surface area contributed by atoms with Crippen molar-refractivity contribution in [3.05, 3.63) is 94.1 Å². The quantitative estimate of drug-likeness (QED) is 0.298. The second-order valence-corrected chi connectivity index (χ2v) is 10.1. The number of aromatic nitrogens is 1. The maximum Gasteiger partial charge on any atom is 0.241 e. The van der Waals surface area contributed by atoms with E-state index in [0.717, 1.165) is 21.9 Å². The van der Waals surface area contributed by atoms with Crippen molar-refractivity contribution >= 4 is 44.0 Å². The number of sulfonamides is 1. The molecule has 0 aliphatic heterocycles. The molecule has 0 aliphatic carbocycles. The van der Waals surface area contributed by atoms with Crippen LogP contribution in [0.15, 0.2) is 77.8 Å². The molecule has 1 aromatic heterocycles. The number of halogens is 2. The van der Waals surface area contributed by atoms with E-state index < -0.39 is 16.1 Å². The number of rotatable bonds is 7. The van der Waals surface area contributed by atoms with Gasteiger partial charge in [0.1, 0.15) is 5.75 Å². The van der Waals surface area contributed by atoms with Crippen molar-refractivity contribution in [1.82, 2.24) is 9.71 Å². The molecule has 1 atom stereocenters. The minimum absolute atomic E-state index is 0.0449. The maximum absolute atomic E-state index is 12.9. The highest BCUT2D eigenvalue weighted by Gasteiger charge is 2.22. The molecule has 8 heteroatoms. The fraction of sp³-hybridized carbons (Fsp3) is 0.160. The van der Waals surface area contributed by atoms with E-state index in [-0.39, 0.29) is 9.92 Å². The molecule has 0 spiro atoms. The zero-order valence-corrected chi connectivity index (χ0v) is 20.4. The van der Waals surface area contributed by atoms with Crippen molar-refractivity contribution in [2.75, 3.05) is 0 Å². The minimum atomic E-state index is -3.82. The van der Waals surface area contributed by atoms with Crippen molar-refractivity contribution < 1.29 is 13.2 Å². The van der Waals surface area contributed by atoms with Crippen LogP contribution in [0.2, 0.25) is 10.0 Å². The van der Waals surface area contributed by atoms with Crippen molar-refractivity contribution in [2.45, 2.75) is 31.2 Å². The van der Waals surface area contributed by atoms with Gasteiger partial charge in [-0.05, 0) is 66.1 Å². The number of hydrogen-bond donors (Lipinski definition) is 1. The molecule has 1 unspecified atom stereocenters. The van der Waals surface area contributed by atoms with E-state index >= 15 is 0 Å². The largest absolute Gasteiger partial charge is 0.439 e. The summed E-state index contributed by atoms with van der Waals surface area (Å²) in [6.07, 6.45) is 2.24. The summed E-state index contributed by atoms with van der Waals surface area (Å²) in [6.45, 7) is 3.76. The van der Waals surface area contributed by atoms with Crippen molar-refractivity contribution in [3.63, 3.8) is 0 Å². The summed E-state index contributed by atoms with van der Waals surface area (Å²) in [5, 5.41) is 2.65. The maximum atomic E-state index is 12.9. The van der Waals surface area contributed by atoms with Gasteiger partial charge in [0.25, 0.3) is 0 Å². The van der Waals surface area contributed by atoms with E-state index in [1.54, 1.807) is 19.2 Å². The summed E-state index contributed by atoms with van der Waals surface area (Å²) < 4.78 is 34.7. The number of ether oxygens (including phenoxy) is 1. The number of nitrogens with one attached hydrogen (secondary N) is 1. The van der Waals surface area contributed by atoms with Gasteiger partial charge >= 0.3 is 0 Å². The Bertz CT molecular complexity index is 1420. The van der Waals surface area contributed by atoms with Gasteiger partial charge in [-0.3, -0.25) is 0 Å². The van der Waals surface area contributed by atoms with Crippen LogP contribution in [-0.2, 0) is 16.4 Å². The van der Waals surface area contributed by atoms with Gasteiger partial charge in [-0.1, -0.05) is 60.5 Å². The Labute approximate surface area is 203 Å². The Morgan fingerprint density at radius 2 is 1.73 bits per heavy atom. The molecule has 3 aromatic carbocycles. The van der Waals surface area contributed by atoms with E-state index in [2.05, 4.69) is 9.71 Å². The van der Waals surface area contributed by atoms with E-state index in [4.69, 9.17) is 27.9 Å². The van der Waals surface area contributed by atoms with Gasteiger partial charge in [0.15, 0.2) is 0 Å². The summed E-state index contributed by atoms with van der Waals surface area (Å²) in [5.74, 6) is 1.11. The van der Waals surface area contributed by atoms with Crippen molar-refractivity contribution in [3.8, 4) is 11.6 Å². The van der Waals surface area contributed by atoms with Crippen LogP contribution in [-0.4, -0.2) is 13.4 Å².